The number of halogens is 1. The Morgan fingerprint density at radius 3 is 2.61 bits per heavy atom. The molecule has 1 aliphatic heterocycles. The van der Waals surface area contributed by atoms with Crippen LogP contribution in [0.2, 0.25) is 5.02 Å². The van der Waals surface area contributed by atoms with Crippen LogP contribution in [0.15, 0.2) is 46.3 Å². The highest BCUT2D eigenvalue weighted by molar-refractivity contribution is 8.18. The van der Waals surface area contributed by atoms with Crippen molar-refractivity contribution >= 4 is 46.2 Å². The number of hydrogen-bond acceptors (Lipinski definition) is 4. The van der Waals surface area contributed by atoms with E-state index in [0.717, 1.165) is 22.4 Å². The molecule has 0 N–H and O–H groups in total. The van der Waals surface area contributed by atoms with Gasteiger partial charge >= 0.3 is 0 Å². The van der Waals surface area contributed by atoms with E-state index in [1.54, 1.807) is 25.1 Å². The van der Waals surface area contributed by atoms with Crippen LogP contribution in [-0.2, 0) is 4.79 Å². The summed E-state index contributed by atoms with van der Waals surface area (Å²) in [7, 11) is 3.41. The number of ether oxygens (including phenoxy) is 1. The largest absolute Gasteiger partial charge is 0.496 e. The van der Waals surface area contributed by atoms with Gasteiger partial charge in [-0.15, -0.1) is 0 Å². The molecule has 0 atom stereocenters. The number of benzene rings is 2. The Kier molecular flexibility index (Phi) is 6.16. The molecule has 1 heterocycles. The van der Waals surface area contributed by atoms with Crippen molar-refractivity contribution in [3.63, 3.8) is 0 Å². The third-order valence-corrected chi connectivity index (χ3v) is 5.98. The van der Waals surface area contributed by atoms with Crippen molar-refractivity contribution in [2.24, 2.45) is 4.99 Å². The average Bonchev–Trinajstić information content (AvgIpc) is 2.92. The van der Waals surface area contributed by atoms with Gasteiger partial charge < -0.3 is 4.74 Å². The predicted octanol–water partition coefficient (Wildman–Crippen LogP) is 6.01. The predicted molar refractivity (Wildman–Crippen MR) is 119 cm³/mol. The van der Waals surface area contributed by atoms with Crippen molar-refractivity contribution in [3.05, 3.63) is 63.0 Å². The molecule has 0 saturated carbocycles. The molecule has 4 nitrogen and oxygen atoms in total. The second kappa shape index (κ2) is 8.41. The van der Waals surface area contributed by atoms with Crippen LogP contribution in [0, 0.1) is 6.92 Å². The highest BCUT2D eigenvalue weighted by Gasteiger charge is 2.30. The molecule has 0 aromatic heterocycles. The maximum Gasteiger partial charge on any atom is 0.266 e. The van der Waals surface area contributed by atoms with Crippen molar-refractivity contribution < 1.29 is 9.53 Å². The maximum absolute atomic E-state index is 12.7. The fourth-order valence-electron chi connectivity index (χ4n) is 2.94. The number of amides is 1. The van der Waals surface area contributed by atoms with Crippen molar-refractivity contribution in [3.8, 4) is 5.75 Å². The van der Waals surface area contributed by atoms with E-state index < -0.39 is 0 Å². The number of carbonyl (C=O) groups is 1. The normalized spacial score (nSPS) is 17.2. The van der Waals surface area contributed by atoms with Gasteiger partial charge in [0.2, 0.25) is 0 Å². The van der Waals surface area contributed by atoms with E-state index in [1.807, 2.05) is 37.3 Å². The van der Waals surface area contributed by atoms with Gasteiger partial charge in [-0.05, 0) is 71.6 Å². The number of rotatable bonds is 4. The zero-order chi connectivity index (χ0) is 20.4. The first-order valence-electron chi connectivity index (χ1n) is 9.01. The number of aliphatic imine (C=N–C) groups is 1. The lowest BCUT2D eigenvalue weighted by Gasteiger charge is -2.14. The quantitative estimate of drug-likeness (QED) is 0.575. The lowest BCUT2D eigenvalue weighted by Crippen LogP contribution is -2.23. The van der Waals surface area contributed by atoms with Crippen molar-refractivity contribution in [1.29, 1.82) is 0 Å². The molecule has 2 aromatic rings. The number of likely N-dealkylation sites (N-methyl/N-ethyl adjacent to an activating group) is 1. The average molecular weight is 415 g/mol. The topological polar surface area (TPSA) is 41.9 Å². The summed E-state index contributed by atoms with van der Waals surface area (Å²) in [5, 5.41) is 1.17. The summed E-state index contributed by atoms with van der Waals surface area (Å²) >= 11 is 7.56. The number of amidine groups is 1. The zero-order valence-electron chi connectivity index (χ0n) is 16.6. The summed E-state index contributed by atoms with van der Waals surface area (Å²) in [5.41, 5.74) is 3.83. The summed E-state index contributed by atoms with van der Waals surface area (Å²) in [4.78, 5) is 19.5. The van der Waals surface area contributed by atoms with Gasteiger partial charge in [-0.1, -0.05) is 37.6 Å². The molecule has 0 spiro atoms. The first kappa shape index (κ1) is 20.5. The van der Waals surface area contributed by atoms with Crippen LogP contribution in [0.5, 0.6) is 5.75 Å². The molecule has 146 valence electrons. The molecule has 1 aliphatic rings. The third kappa shape index (κ3) is 4.10. The van der Waals surface area contributed by atoms with E-state index in [-0.39, 0.29) is 5.91 Å². The van der Waals surface area contributed by atoms with E-state index in [4.69, 9.17) is 16.3 Å². The van der Waals surface area contributed by atoms with E-state index in [9.17, 15) is 4.79 Å². The molecule has 28 heavy (non-hydrogen) atoms. The molecule has 3 rings (SSSR count). The fourth-order valence-corrected chi connectivity index (χ4v) is 4.09. The van der Waals surface area contributed by atoms with Gasteiger partial charge in [-0.2, -0.15) is 0 Å². The monoisotopic (exact) mass is 414 g/mol. The first-order chi connectivity index (χ1) is 13.3. The number of aryl methyl sites for hydroxylation is 1. The van der Waals surface area contributed by atoms with Gasteiger partial charge in [0.05, 0.1) is 22.7 Å². The molecule has 0 radical (unpaired) electrons. The van der Waals surface area contributed by atoms with Crippen LogP contribution in [0.4, 0.5) is 5.69 Å². The van der Waals surface area contributed by atoms with E-state index in [1.165, 1.54) is 11.8 Å². The smallest absolute Gasteiger partial charge is 0.266 e. The van der Waals surface area contributed by atoms with Gasteiger partial charge in [0.15, 0.2) is 5.17 Å². The summed E-state index contributed by atoms with van der Waals surface area (Å²) < 4.78 is 5.51. The molecule has 0 unspecified atom stereocenters. The standard InChI is InChI=1S/C22H23ClN2O2S/c1-13(2)16-11-15(14(3)10-19(16)27-5)12-20-21(26)25(4)22(28-20)24-18-9-7-6-8-17(18)23/h6-13H,1-5H3/b20-12+,24-22?. The molecule has 1 fully saturated rings. The summed E-state index contributed by atoms with van der Waals surface area (Å²) in [6, 6.07) is 11.5. The second-order valence-corrected chi connectivity index (χ2v) is 8.34. The minimum Gasteiger partial charge on any atom is -0.496 e. The lowest BCUT2D eigenvalue weighted by atomic mass is 9.96. The molecule has 0 bridgehead atoms. The van der Waals surface area contributed by atoms with Gasteiger partial charge in [0.25, 0.3) is 5.91 Å². The molecule has 2 aromatic carbocycles. The molecule has 1 saturated heterocycles. The van der Waals surface area contributed by atoms with Gasteiger partial charge in [0, 0.05) is 7.05 Å². The van der Waals surface area contributed by atoms with Crippen LogP contribution in [0.1, 0.15) is 36.5 Å². The SMILES string of the molecule is COc1cc(C)c(/C=C2/SC(=Nc3ccccc3Cl)N(C)C2=O)cc1C(C)C. The number of carbonyl (C=O) groups excluding carboxylic acids is 1. The fraction of sp³-hybridized carbons (Fsp3) is 0.273. The van der Waals surface area contributed by atoms with Crippen LogP contribution in [0.25, 0.3) is 6.08 Å². The van der Waals surface area contributed by atoms with Crippen LogP contribution in [0.3, 0.4) is 0 Å². The van der Waals surface area contributed by atoms with Crippen molar-refractivity contribution in [1.82, 2.24) is 4.90 Å². The van der Waals surface area contributed by atoms with Crippen LogP contribution < -0.4 is 4.74 Å². The van der Waals surface area contributed by atoms with Gasteiger partial charge in [-0.3, -0.25) is 9.69 Å². The number of hydrogen-bond donors (Lipinski definition) is 0. The zero-order valence-corrected chi connectivity index (χ0v) is 18.2. The third-order valence-electron chi connectivity index (χ3n) is 4.60. The van der Waals surface area contributed by atoms with Crippen LogP contribution in [-0.4, -0.2) is 30.1 Å². The highest BCUT2D eigenvalue weighted by atomic mass is 35.5. The van der Waals surface area contributed by atoms with Gasteiger partial charge in [-0.25, -0.2) is 4.99 Å². The Hall–Kier alpha value is -2.24. The Morgan fingerprint density at radius 2 is 1.96 bits per heavy atom. The van der Waals surface area contributed by atoms with E-state index >= 15 is 0 Å². The van der Waals surface area contributed by atoms with Crippen molar-refractivity contribution in [2.75, 3.05) is 14.2 Å². The number of thioether (sulfide) groups is 1. The Balaban J connectivity index is 1.99. The number of nitrogens with zero attached hydrogens (tertiary/aromatic N) is 2. The summed E-state index contributed by atoms with van der Waals surface area (Å²) in [6.07, 6.45) is 1.93. The number of para-hydroxylation sites is 1. The minimum atomic E-state index is -0.0721. The Labute approximate surface area is 175 Å². The van der Waals surface area contributed by atoms with E-state index in [0.29, 0.717) is 26.7 Å². The molecular formula is C22H23ClN2O2S. The molecule has 1 amide bonds. The molecular weight excluding hydrogens is 392 g/mol. The molecule has 0 aliphatic carbocycles. The van der Waals surface area contributed by atoms with Crippen molar-refractivity contribution in [2.45, 2.75) is 26.7 Å². The lowest BCUT2D eigenvalue weighted by molar-refractivity contribution is -0.121. The first-order valence-corrected chi connectivity index (χ1v) is 10.2. The van der Waals surface area contributed by atoms with Gasteiger partial charge in [0.1, 0.15) is 5.75 Å². The maximum atomic E-state index is 12.7. The number of methoxy groups -OCH3 is 1. The molecule has 6 heteroatoms. The van der Waals surface area contributed by atoms with Crippen LogP contribution >= 0.6 is 23.4 Å². The van der Waals surface area contributed by atoms with E-state index in [2.05, 4.69) is 24.9 Å². The summed E-state index contributed by atoms with van der Waals surface area (Å²) in [5.74, 6) is 1.12. The minimum absolute atomic E-state index is 0.0721. The Morgan fingerprint density at radius 1 is 1.25 bits per heavy atom. The highest BCUT2D eigenvalue weighted by Crippen LogP contribution is 2.36. The Bertz CT molecular complexity index is 982. The second-order valence-electron chi connectivity index (χ2n) is 6.93. The summed E-state index contributed by atoms with van der Waals surface area (Å²) in [6.45, 7) is 6.27.